The molecule has 0 aromatic carbocycles. The molecular weight excluding hydrogens is 163 g/mol. The molecule has 1 saturated carbocycles. The van der Waals surface area contributed by atoms with E-state index in [-0.39, 0.29) is 4.33 Å². The SMILES string of the molecule is CCSC1CC1(Cl)Cl. The Morgan fingerprint density at radius 2 is 2.25 bits per heavy atom. The van der Waals surface area contributed by atoms with Crippen LogP contribution < -0.4 is 0 Å². The highest BCUT2D eigenvalue weighted by Gasteiger charge is 2.51. The van der Waals surface area contributed by atoms with Gasteiger partial charge < -0.3 is 0 Å². The average Bonchev–Trinajstić information content (AvgIpc) is 2.15. The predicted octanol–water partition coefficient (Wildman–Crippen LogP) is 2.69. The monoisotopic (exact) mass is 170 g/mol. The van der Waals surface area contributed by atoms with Crippen LogP contribution in [0.25, 0.3) is 0 Å². The molecule has 1 aliphatic carbocycles. The molecule has 8 heavy (non-hydrogen) atoms. The van der Waals surface area contributed by atoms with Gasteiger partial charge in [0, 0.05) is 5.25 Å². The van der Waals surface area contributed by atoms with Crippen molar-refractivity contribution in [3.05, 3.63) is 0 Å². The van der Waals surface area contributed by atoms with E-state index in [1.54, 1.807) is 0 Å². The summed E-state index contributed by atoms with van der Waals surface area (Å²) in [5.41, 5.74) is 0. The molecule has 3 heteroatoms. The molecular formula is C5H8Cl2S. The molecule has 48 valence electrons. The van der Waals surface area contributed by atoms with E-state index >= 15 is 0 Å². The minimum Gasteiger partial charge on any atom is -0.156 e. The number of alkyl halides is 2. The maximum absolute atomic E-state index is 5.73. The van der Waals surface area contributed by atoms with Crippen LogP contribution in [0.2, 0.25) is 0 Å². The Balaban J connectivity index is 2.17. The minimum atomic E-state index is -0.374. The molecule has 0 aromatic rings. The Morgan fingerprint density at radius 1 is 1.75 bits per heavy atom. The molecule has 0 spiro atoms. The van der Waals surface area contributed by atoms with E-state index < -0.39 is 0 Å². The Kier molecular flexibility index (Phi) is 2.01. The van der Waals surface area contributed by atoms with Crippen LogP contribution in [0, 0.1) is 0 Å². The molecule has 0 heterocycles. The second-order valence-electron chi connectivity index (χ2n) is 1.91. The van der Waals surface area contributed by atoms with Crippen molar-refractivity contribution in [2.24, 2.45) is 0 Å². The lowest BCUT2D eigenvalue weighted by atomic mass is 10.9. The van der Waals surface area contributed by atoms with Crippen LogP contribution in [0.3, 0.4) is 0 Å². The van der Waals surface area contributed by atoms with Crippen molar-refractivity contribution in [3.8, 4) is 0 Å². The molecule has 1 fully saturated rings. The number of thioether (sulfide) groups is 1. The fraction of sp³-hybridized carbons (Fsp3) is 1.00. The highest BCUT2D eigenvalue weighted by Crippen LogP contribution is 2.54. The number of hydrogen-bond acceptors (Lipinski definition) is 1. The van der Waals surface area contributed by atoms with Crippen LogP contribution in [-0.2, 0) is 0 Å². The van der Waals surface area contributed by atoms with Gasteiger partial charge >= 0.3 is 0 Å². The predicted molar refractivity (Wildman–Crippen MR) is 41.0 cm³/mol. The summed E-state index contributed by atoms with van der Waals surface area (Å²) in [6.07, 6.45) is 0.967. The van der Waals surface area contributed by atoms with Crippen molar-refractivity contribution < 1.29 is 0 Å². The summed E-state index contributed by atoms with van der Waals surface area (Å²) in [5, 5.41) is 0.510. The van der Waals surface area contributed by atoms with Gasteiger partial charge in [-0.2, -0.15) is 11.8 Å². The highest BCUT2D eigenvalue weighted by atomic mass is 35.5. The lowest BCUT2D eigenvalue weighted by Gasteiger charge is -1.93. The van der Waals surface area contributed by atoms with Gasteiger partial charge in [0.15, 0.2) is 0 Å². The summed E-state index contributed by atoms with van der Waals surface area (Å²) in [6, 6.07) is 0. The van der Waals surface area contributed by atoms with Gasteiger partial charge in [-0.05, 0) is 12.2 Å². The minimum absolute atomic E-state index is 0.374. The van der Waals surface area contributed by atoms with E-state index in [1.165, 1.54) is 0 Å². The van der Waals surface area contributed by atoms with E-state index in [1.807, 2.05) is 11.8 Å². The Bertz CT molecular complexity index is 92.4. The van der Waals surface area contributed by atoms with Crippen LogP contribution in [-0.4, -0.2) is 15.3 Å². The van der Waals surface area contributed by atoms with Crippen molar-refractivity contribution >= 4 is 35.0 Å². The summed E-state index contributed by atoms with van der Waals surface area (Å²) in [4.78, 5) is 0. The first-order valence-electron chi connectivity index (χ1n) is 2.66. The zero-order chi connectivity index (χ0) is 6.20. The highest BCUT2D eigenvalue weighted by molar-refractivity contribution is 8.00. The zero-order valence-electron chi connectivity index (χ0n) is 4.66. The number of halogens is 2. The van der Waals surface area contributed by atoms with Crippen molar-refractivity contribution in [2.45, 2.75) is 22.9 Å². The molecule has 0 bridgehead atoms. The first-order valence-corrected chi connectivity index (χ1v) is 4.46. The average molecular weight is 171 g/mol. The molecule has 0 nitrogen and oxygen atoms in total. The van der Waals surface area contributed by atoms with Gasteiger partial charge in [-0.1, -0.05) is 6.92 Å². The summed E-state index contributed by atoms with van der Waals surface area (Å²) in [5.74, 6) is 1.12. The largest absolute Gasteiger partial charge is 0.156 e. The Hall–Kier alpha value is 0.930. The molecule has 0 radical (unpaired) electrons. The first kappa shape index (κ1) is 7.04. The third-order valence-corrected chi connectivity index (χ3v) is 3.54. The maximum atomic E-state index is 5.73. The summed E-state index contributed by atoms with van der Waals surface area (Å²) < 4.78 is -0.374. The summed E-state index contributed by atoms with van der Waals surface area (Å²) in [6.45, 7) is 2.12. The topological polar surface area (TPSA) is 0 Å². The maximum Gasteiger partial charge on any atom is 0.131 e. The Morgan fingerprint density at radius 3 is 2.38 bits per heavy atom. The van der Waals surface area contributed by atoms with Gasteiger partial charge in [0.25, 0.3) is 0 Å². The fourth-order valence-electron chi connectivity index (χ4n) is 0.570. The number of hydrogen-bond donors (Lipinski definition) is 0. The van der Waals surface area contributed by atoms with Gasteiger partial charge in [0.2, 0.25) is 0 Å². The smallest absolute Gasteiger partial charge is 0.131 e. The zero-order valence-corrected chi connectivity index (χ0v) is 6.98. The van der Waals surface area contributed by atoms with E-state index in [0.717, 1.165) is 12.2 Å². The normalized spacial score (nSPS) is 32.6. The standard InChI is InChI=1S/C5H8Cl2S/c1-2-8-4-3-5(4,6)7/h4H,2-3H2,1H3. The van der Waals surface area contributed by atoms with E-state index in [2.05, 4.69) is 6.92 Å². The molecule has 1 aliphatic rings. The molecule has 1 atom stereocenters. The summed E-state index contributed by atoms with van der Waals surface area (Å²) >= 11 is 13.3. The van der Waals surface area contributed by atoms with Crippen LogP contribution in [0.5, 0.6) is 0 Å². The number of rotatable bonds is 2. The lowest BCUT2D eigenvalue weighted by Crippen LogP contribution is -1.89. The molecule has 1 rings (SSSR count). The molecule has 0 N–H and O–H groups in total. The van der Waals surface area contributed by atoms with Crippen LogP contribution in [0.1, 0.15) is 13.3 Å². The molecule has 1 unspecified atom stereocenters. The molecule has 0 aliphatic heterocycles. The van der Waals surface area contributed by atoms with Gasteiger partial charge in [0.1, 0.15) is 4.33 Å². The quantitative estimate of drug-likeness (QED) is 0.575. The third-order valence-electron chi connectivity index (χ3n) is 1.14. The van der Waals surface area contributed by atoms with Crippen LogP contribution in [0.4, 0.5) is 0 Å². The summed E-state index contributed by atoms with van der Waals surface area (Å²) in [7, 11) is 0. The van der Waals surface area contributed by atoms with Crippen molar-refractivity contribution in [1.82, 2.24) is 0 Å². The Labute approximate surface area is 63.9 Å². The van der Waals surface area contributed by atoms with Crippen LogP contribution >= 0.6 is 35.0 Å². The van der Waals surface area contributed by atoms with Crippen molar-refractivity contribution in [3.63, 3.8) is 0 Å². The van der Waals surface area contributed by atoms with E-state index in [9.17, 15) is 0 Å². The second-order valence-corrected chi connectivity index (χ2v) is 4.93. The van der Waals surface area contributed by atoms with Crippen molar-refractivity contribution in [2.75, 3.05) is 5.75 Å². The molecule has 0 saturated heterocycles. The van der Waals surface area contributed by atoms with Gasteiger partial charge in [-0.15, -0.1) is 23.2 Å². The van der Waals surface area contributed by atoms with Gasteiger partial charge in [-0.25, -0.2) is 0 Å². The van der Waals surface area contributed by atoms with E-state index in [0.29, 0.717) is 5.25 Å². The fourth-order valence-corrected chi connectivity index (χ4v) is 2.47. The van der Waals surface area contributed by atoms with Gasteiger partial charge in [-0.3, -0.25) is 0 Å². The van der Waals surface area contributed by atoms with Gasteiger partial charge in [0.05, 0.1) is 0 Å². The van der Waals surface area contributed by atoms with Crippen molar-refractivity contribution in [1.29, 1.82) is 0 Å². The first-order chi connectivity index (χ1) is 3.67. The molecule has 0 amide bonds. The van der Waals surface area contributed by atoms with Crippen LogP contribution in [0.15, 0.2) is 0 Å². The lowest BCUT2D eigenvalue weighted by molar-refractivity contribution is 1.36. The van der Waals surface area contributed by atoms with E-state index in [4.69, 9.17) is 23.2 Å². The third kappa shape index (κ3) is 1.46. The second kappa shape index (κ2) is 2.28. The molecule has 0 aromatic heterocycles.